The number of primary amides is 1. The Balaban J connectivity index is 1.90. The van der Waals surface area contributed by atoms with Gasteiger partial charge in [0, 0.05) is 17.6 Å². The molecule has 0 saturated heterocycles. The highest BCUT2D eigenvalue weighted by Crippen LogP contribution is 2.28. The van der Waals surface area contributed by atoms with E-state index >= 15 is 0 Å². The third-order valence-electron chi connectivity index (χ3n) is 4.20. The van der Waals surface area contributed by atoms with E-state index in [2.05, 4.69) is 15.3 Å². The fourth-order valence-electron chi connectivity index (χ4n) is 2.92. The molecule has 24 heavy (non-hydrogen) atoms. The molecule has 0 aromatic carbocycles. The van der Waals surface area contributed by atoms with Gasteiger partial charge in [0.15, 0.2) is 0 Å². The molecule has 1 unspecified atom stereocenters. The highest BCUT2D eigenvalue weighted by atomic mass is 16.2. The van der Waals surface area contributed by atoms with Crippen LogP contribution in [0.2, 0.25) is 0 Å². The summed E-state index contributed by atoms with van der Waals surface area (Å²) in [5.74, 6) is -1.02. The minimum Gasteiger partial charge on any atom is -0.365 e. The summed E-state index contributed by atoms with van der Waals surface area (Å²) in [5, 5.41) is 2.94. The number of amides is 2. The Kier molecular flexibility index (Phi) is 4.16. The fourth-order valence-corrected chi connectivity index (χ4v) is 2.92. The van der Waals surface area contributed by atoms with Gasteiger partial charge in [0.1, 0.15) is 5.56 Å². The summed E-state index contributed by atoms with van der Waals surface area (Å²) in [6.45, 7) is 1.85. The third kappa shape index (κ3) is 3.05. The van der Waals surface area contributed by atoms with Crippen LogP contribution in [-0.4, -0.2) is 21.8 Å². The van der Waals surface area contributed by atoms with Gasteiger partial charge in [0.05, 0.1) is 11.6 Å². The summed E-state index contributed by atoms with van der Waals surface area (Å²) >= 11 is 0. The van der Waals surface area contributed by atoms with Crippen LogP contribution in [0.4, 0.5) is 0 Å². The minimum atomic E-state index is -0.780. The number of aryl methyl sites for hydroxylation is 2. The van der Waals surface area contributed by atoms with E-state index in [1.54, 1.807) is 12.1 Å². The summed E-state index contributed by atoms with van der Waals surface area (Å²) in [6.07, 6.45) is 3.77. The van der Waals surface area contributed by atoms with Gasteiger partial charge < -0.3 is 16.0 Å². The van der Waals surface area contributed by atoms with Gasteiger partial charge in [-0.2, -0.15) is 0 Å². The maximum absolute atomic E-state index is 12.4. The second-order valence-electron chi connectivity index (χ2n) is 5.92. The van der Waals surface area contributed by atoms with Crippen LogP contribution in [0.25, 0.3) is 0 Å². The van der Waals surface area contributed by atoms with Crippen molar-refractivity contribution in [1.29, 1.82) is 0 Å². The van der Waals surface area contributed by atoms with Gasteiger partial charge in [-0.1, -0.05) is 0 Å². The Morgan fingerprint density at radius 2 is 2.17 bits per heavy atom. The normalized spacial score (nSPS) is 16.3. The van der Waals surface area contributed by atoms with Crippen molar-refractivity contribution in [1.82, 2.24) is 15.3 Å². The number of pyridine rings is 2. The molecule has 1 atom stereocenters. The van der Waals surface area contributed by atoms with Gasteiger partial charge in [-0.3, -0.25) is 19.4 Å². The van der Waals surface area contributed by atoms with E-state index in [-0.39, 0.29) is 17.5 Å². The lowest BCUT2D eigenvalue weighted by atomic mass is 9.90. The molecule has 0 aliphatic heterocycles. The minimum absolute atomic E-state index is 0.0908. The number of carbonyl (C=O) groups is 2. The quantitative estimate of drug-likeness (QED) is 0.779. The van der Waals surface area contributed by atoms with Crippen LogP contribution in [0.3, 0.4) is 0 Å². The van der Waals surface area contributed by atoms with Crippen LogP contribution >= 0.6 is 0 Å². The van der Waals surface area contributed by atoms with Gasteiger partial charge in [0.2, 0.25) is 0 Å². The number of carbonyl (C=O) groups excluding carboxylic acids is 2. The van der Waals surface area contributed by atoms with E-state index in [1.807, 2.05) is 6.92 Å². The van der Waals surface area contributed by atoms with Crippen LogP contribution in [0.5, 0.6) is 0 Å². The van der Waals surface area contributed by atoms with E-state index in [9.17, 15) is 14.4 Å². The Hall–Kier alpha value is -2.96. The number of nitrogens with one attached hydrogen (secondary N) is 2. The topological polar surface area (TPSA) is 118 Å². The number of aromatic nitrogens is 2. The first-order chi connectivity index (χ1) is 11.5. The van der Waals surface area contributed by atoms with Gasteiger partial charge in [-0.15, -0.1) is 0 Å². The molecule has 2 aromatic rings. The van der Waals surface area contributed by atoms with Crippen LogP contribution in [0, 0.1) is 6.92 Å². The van der Waals surface area contributed by atoms with Crippen molar-refractivity contribution in [2.24, 2.45) is 5.73 Å². The van der Waals surface area contributed by atoms with Crippen LogP contribution in [0.1, 0.15) is 56.6 Å². The molecule has 0 saturated carbocycles. The molecule has 7 nitrogen and oxygen atoms in total. The van der Waals surface area contributed by atoms with Crippen molar-refractivity contribution in [2.45, 2.75) is 32.2 Å². The van der Waals surface area contributed by atoms with E-state index in [0.717, 1.165) is 29.8 Å². The molecule has 0 fully saturated rings. The summed E-state index contributed by atoms with van der Waals surface area (Å²) in [6, 6.07) is 4.70. The third-order valence-corrected chi connectivity index (χ3v) is 4.20. The molecule has 1 aliphatic rings. The van der Waals surface area contributed by atoms with Gasteiger partial charge in [0.25, 0.3) is 17.4 Å². The van der Waals surface area contributed by atoms with E-state index in [0.29, 0.717) is 12.0 Å². The number of hydrogen-bond donors (Lipinski definition) is 3. The number of nitrogens with zero attached hydrogens (tertiary/aromatic N) is 1. The monoisotopic (exact) mass is 326 g/mol. The van der Waals surface area contributed by atoms with Crippen LogP contribution in [-0.2, 0) is 6.42 Å². The standard InChI is InChI=1S/C17H18N4O3/c1-9-5-6-10(8-19-9)16(23)20-13-3-2-4-14-11(13)7-12(15(18)22)17(24)21-14/h5-8,13H,2-4H2,1H3,(H2,18,22)(H,20,23)(H,21,24). The maximum Gasteiger partial charge on any atom is 0.261 e. The SMILES string of the molecule is Cc1ccc(C(=O)NC2CCCc3[nH]c(=O)c(C(N)=O)cc32)cn1. The van der Waals surface area contributed by atoms with E-state index in [4.69, 9.17) is 5.73 Å². The van der Waals surface area contributed by atoms with Gasteiger partial charge >= 0.3 is 0 Å². The van der Waals surface area contributed by atoms with Crippen LogP contribution < -0.4 is 16.6 Å². The number of rotatable bonds is 3. The van der Waals surface area contributed by atoms with Crippen molar-refractivity contribution in [3.8, 4) is 0 Å². The lowest BCUT2D eigenvalue weighted by Gasteiger charge is -2.26. The molecule has 0 bridgehead atoms. The summed E-state index contributed by atoms with van der Waals surface area (Å²) in [5.41, 5.74) is 7.44. The summed E-state index contributed by atoms with van der Waals surface area (Å²) in [4.78, 5) is 42.5. The largest absolute Gasteiger partial charge is 0.365 e. The number of fused-ring (bicyclic) bond motifs is 1. The molecule has 7 heteroatoms. The van der Waals surface area contributed by atoms with E-state index < -0.39 is 11.5 Å². The average Bonchev–Trinajstić information content (AvgIpc) is 2.54. The number of H-pyrrole nitrogens is 1. The zero-order valence-electron chi connectivity index (χ0n) is 13.3. The van der Waals surface area contributed by atoms with Crippen molar-refractivity contribution < 1.29 is 9.59 Å². The predicted molar refractivity (Wildman–Crippen MR) is 87.7 cm³/mol. The maximum atomic E-state index is 12.4. The number of hydrogen-bond acceptors (Lipinski definition) is 4. The highest BCUT2D eigenvalue weighted by molar-refractivity contribution is 5.94. The summed E-state index contributed by atoms with van der Waals surface area (Å²) < 4.78 is 0. The lowest BCUT2D eigenvalue weighted by molar-refractivity contribution is 0.0932. The van der Waals surface area contributed by atoms with Crippen molar-refractivity contribution in [2.75, 3.05) is 0 Å². The Labute approximate surface area is 138 Å². The second kappa shape index (κ2) is 6.27. The van der Waals surface area contributed by atoms with Crippen LogP contribution in [0.15, 0.2) is 29.2 Å². The first-order valence-corrected chi connectivity index (χ1v) is 7.75. The first-order valence-electron chi connectivity index (χ1n) is 7.75. The van der Waals surface area contributed by atoms with Crippen molar-refractivity contribution >= 4 is 11.8 Å². The number of aromatic amines is 1. The van der Waals surface area contributed by atoms with E-state index in [1.165, 1.54) is 12.3 Å². The molecular weight excluding hydrogens is 308 g/mol. The summed E-state index contributed by atoms with van der Waals surface area (Å²) in [7, 11) is 0. The zero-order chi connectivity index (χ0) is 17.3. The molecule has 0 spiro atoms. The molecular formula is C17H18N4O3. The van der Waals surface area contributed by atoms with Crippen molar-refractivity contribution in [3.05, 3.63) is 62.8 Å². The molecule has 4 N–H and O–H groups in total. The van der Waals surface area contributed by atoms with Crippen molar-refractivity contribution in [3.63, 3.8) is 0 Å². The Bertz CT molecular complexity index is 855. The Morgan fingerprint density at radius 1 is 1.38 bits per heavy atom. The first kappa shape index (κ1) is 15.9. The second-order valence-corrected chi connectivity index (χ2v) is 5.92. The average molecular weight is 326 g/mol. The molecule has 2 amide bonds. The molecule has 3 rings (SSSR count). The molecule has 124 valence electrons. The Morgan fingerprint density at radius 3 is 2.83 bits per heavy atom. The molecule has 0 radical (unpaired) electrons. The zero-order valence-corrected chi connectivity index (χ0v) is 13.3. The predicted octanol–water partition coefficient (Wildman–Crippen LogP) is 0.985. The molecule has 2 aromatic heterocycles. The highest BCUT2D eigenvalue weighted by Gasteiger charge is 2.25. The smallest absolute Gasteiger partial charge is 0.261 e. The fraction of sp³-hybridized carbons (Fsp3) is 0.294. The van der Waals surface area contributed by atoms with Gasteiger partial charge in [-0.25, -0.2) is 0 Å². The number of nitrogens with two attached hydrogens (primary N) is 1. The molecule has 2 heterocycles. The van der Waals surface area contributed by atoms with Gasteiger partial charge in [-0.05, 0) is 49.9 Å². The molecule has 1 aliphatic carbocycles. The lowest BCUT2D eigenvalue weighted by Crippen LogP contribution is -2.34.